The minimum Gasteiger partial charge on any atom is -0.494 e. The zero-order chi connectivity index (χ0) is 14.8. The first-order valence-electron chi connectivity index (χ1n) is 7.80. The number of nitrogens with two attached hydrogens (primary N) is 1. The maximum atomic E-state index is 5.88. The largest absolute Gasteiger partial charge is 0.494 e. The van der Waals surface area contributed by atoms with Crippen LogP contribution in [0.4, 0.5) is 5.69 Å². The van der Waals surface area contributed by atoms with E-state index in [1.807, 2.05) is 25.1 Å². The molecular formula is C17H29NO2. The van der Waals surface area contributed by atoms with E-state index in [0.29, 0.717) is 19.1 Å². The van der Waals surface area contributed by atoms with Crippen LogP contribution in [-0.2, 0) is 11.3 Å². The Morgan fingerprint density at radius 3 is 2.65 bits per heavy atom. The lowest BCUT2D eigenvalue weighted by molar-refractivity contribution is 0.0804. The van der Waals surface area contributed by atoms with Crippen molar-refractivity contribution < 1.29 is 9.47 Å². The fraction of sp³-hybridized carbons (Fsp3) is 0.647. The molecule has 3 heteroatoms. The molecule has 2 N–H and O–H groups in total. The van der Waals surface area contributed by atoms with Crippen molar-refractivity contribution in [3.8, 4) is 5.75 Å². The molecule has 0 radical (unpaired) electrons. The fourth-order valence-electron chi connectivity index (χ4n) is 2.24. The van der Waals surface area contributed by atoms with E-state index in [2.05, 4.69) is 13.8 Å². The summed E-state index contributed by atoms with van der Waals surface area (Å²) in [7, 11) is 0. The third-order valence-corrected chi connectivity index (χ3v) is 3.54. The molecule has 1 atom stereocenters. The minimum absolute atomic E-state index is 0.572. The Labute approximate surface area is 123 Å². The summed E-state index contributed by atoms with van der Waals surface area (Å²) >= 11 is 0. The van der Waals surface area contributed by atoms with Crippen LogP contribution in [-0.4, -0.2) is 13.2 Å². The number of ether oxygens (including phenoxy) is 2. The van der Waals surface area contributed by atoms with E-state index in [0.717, 1.165) is 23.6 Å². The highest BCUT2D eigenvalue weighted by atomic mass is 16.5. The van der Waals surface area contributed by atoms with Crippen LogP contribution in [0.25, 0.3) is 0 Å². The summed E-state index contributed by atoms with van der Waals surface area (Å²) in [6, 6.07) is 5.73. The molecule has 0 aromatic heterocycles. The van der Waals surface area contributed by atoms with Crippen molar-refractivity contribution in [2.75, 3.05) is 18.9 Å². The normalized spacial score (nSPS) is 12.3. The van der Waals surface area contributed by atoms with Crippen molar-refractivity contribution in [3.05, 3.63) is 23.8 Å². The average Bonchev–Trinajstić information content (AvgIpc) is 2.45. The van der Waals surface area contributed by atoms with Crippen LogP contribution in [0.1, 0.15) is 52.0 Å². The average molecular weight is 279 g/mol. The number of rotatable bonds is 10. The van der Waals surface area contributed by atoms with E-state index in [4.69, 9.17) is 15.2 Å². The highest BCUT2D eigenvalue weighted by molar-refractivity contribution is 5.47. The van der Waals surface area contributed by atoms with Gasteiger partial charge in [0.25, 0.3) is 0 Å². The van der Waals surface area contributed by atoms with E-state index < -0.39 is 0 Å². The second-order valence-electron chi connectivity index (χ2n) is 5.23. The van der Waals surface area contributed by atoms with Gasteiger partial charge < -0.3 is 15.2 Å². The van der Waals surface area contributed by atoms with Gasteiger partial charge >= 0.3 is 0 Å². The van der Waals surface area contributed by atoms with Crippen molar-refractivity contribution in [3.63, 3.8) is 0 Å². The molecule has 114 valence electrons. The smallest absolute Gasteiger partial charge is 0.124 e. The lowest BCUT2D eigenvalue weighted by Crippen LogP contribution is -2.09. The highest BCUT2D eigenvalue weighted by Gasteiger charge is 2.08. The molecule has 0 spiro atoms. The van der Waals surface area contributed by atoms with Crippen LogP contribution in [0.5, 0.6) is 5.75 Å². The Morgan fingerprint density at radius 2 is 2.00 bits per heavy atom. The summed E-state index contributed by atoms with van der Waals surface area (Å²) in [4.78, 5) is 0. The molecule has 0 saturated heterocycles. The van der Waals surface area contributed by atoms with Crippen LogP contribution >= 0.6 is 0 Å². The summed E-state index contributed by atoms with van der Waals surface area (Å²) in [6.45, 7) is 8.49. The molecular weight excluding hydrogens is 250 g/mol. The zero-order valence-corrected chi connectivity index (χ0v) is 13.2. The van der Waals surface area contributed by atoms with Gasteiger partial charge in [-0.25, -0.2) is 0 Å². The lowest BCUT2D eigenvalue weighted by Gasteiger charge is -2.16. The van der Waals surface area contributed by atoms with E-state index >= 15 is 0 Å². The molecule has 0 aliphatic carbocycles. The van der Waals surface area contributed by atoms with Crippen LogP contribution in [0.2, 0.25) is 0 Å². The number of nitrogen functional groups attached to an aromatic ring is 1. The highest BCUT2D eigenvalue weighted by Crippen LogP contribution is 2.23. The summed E-state index contributed by atoms with van der Waals surface area (Å²) in [6.07, 6.45) is 4.96. The molecule has 20 heavy (non-hydrogen) atoms. The Bertz CT molecular complexity index is 379. The van der Waals surface area contributed by atoms with Crippen molar-refractivity contribution in [2.24, 2.45) is 5.92 Å². The summed E-state index contributed by atoms with van der Waals surface area (Å²) < 4.78 is 11.5. The molecule has 1 aromatic carbocycles. The fourth-order valence-corrected chi connectivity index (χ4v) is 2.24. The first-order valence-corrected chi connectivity index (χ1v) is 7.80. The van der Waals surface area contributed by atoms with Crippen LogP contribution in [0.15, 0.2) is 18.2 Å². The monoisotopic (exact) mass is 279 g/mol. The van der Waals surface area contributed by atoms with Crippen LogP contribution in [0.3, 0.4) is 0 Å². The van der Waals surface area contributed by atoms with Gasteiger partial charge in [0, 0.05) is 17.9 Å². The molecule has 0 heterocycles. The predicted molar refractivity (Wildman–Crippen MR) is 85.0 cm³/mol. The van der Waals surface area contributed by atoms with Gasteiger partial charge in [0.1, 0.15) is 5.75 Å². The third-order valence-electron chi connectivity index (χ3n) is 3.54. The first-order chi connectivity index (χ1) is 9.71. The van der Waals surface area contributed by atoms with Gasteiger partial charge in [-0.15, -0.1) is 0 Å². The topological polar surface area (TPSA) is 44.5 Å². The molecule has 3 nitrogen and oxygen atoms in total. The minimum atomic E-state index is 0.572. The summed E-state index contributed by atoms with van der Waals surface area (Å²) in [5, 5.41) is 0. The maximum Gasteiger partial charge on any atom is 0.124 e. The van der Waals surface area contributed by atoms with Gasteiger partial charge in [-0.1, -0.05) is 33.1 Å². The van der Waals surface area contributed by atoms with Gasteiger partial charge in [0.05, 0.1) is 13.2 Å². The Kier molecular flexibility index (Phi) is 8.12. The summed E-state index contributed by atoms with van der Waals surface area (Å²) in [5.41, 5.74) is 7.63. The number of hydrogen-bond donors (Lipinski definition) is 1. The van der Waals surface area contributed by atoms with Gasteiger partial charge in [-0.05, 0) is 37.5 Å². The maximum absolute atomic E-state index is 5.88. The zero-order valence-electron chi connectivity index (χ0n) is 13.2. The molecule has 1 rings (SSSR count). The van der Waals surface area contributed by atoms with E-state index in [9.17, 15) is 0 Å². The van der Waals surface area contributed by atoms with Crippen LogP contribution < -0.4 is 10.5 Å². The van der Waals surface area contributed by atoms with Crippen molar-refractivity contribution in [1.82, 2.24) is 0 Å². The van der Waals surface area contributed by atoms with Crippen molar-refractivity contribution >= 4 is 5.69 Å². The molecule has 0 aliphatic heterocycles. The van der Waals surface area contributed by atoms with Crippen molar-refractivity contribution in [2.45, 2.75) is 53.1 Å². The van der Waals surface area contributed by atoms with E-state index in [1.165, 1.54) is 25.7 Å². The van der Waals surface area contributed by atoms with Gasteiger partial charge in [0.15, 0.2) is 0 Å². The third kappa shape index (κ3) is 5.83. The molecule has 0 bridgehead atoms. The number of anilines is 1. The van der Waals surface area contributed by atoms with Crippen molar-refractivity contribution in [1.29, 1.82) is 0 Å². The number of hydrogen-bond acceptors (Lipinski definition) is 3. The number of benzene rings is 1. The number of unbranched alkanes of at least 4 members (excludes halogenated alkanes) is 1. The molecule has 0 amide bonds. The van der Waals surface area contributed by atoms with Gasteiger partial charge in [0.2, 0.25) is 0 Å². The Hall–Kier alpha value is -1.22. The van der Waals surface area contributed by atoms with Crippen LogP contribution in [0, 0.1) is 5.92 Å². The quantitative estimate of drug-likeness (QED) is 0.646. The standard InChI is InChI=1S/C17H29NO2/c1-4-7-8-14(5-2)12-19-13-15-11-16(18)9-10-17(15)20-6-3/h9-11,14H,4-8,12-13,18H2,1-3H3. The molecule has 0 aliphatic rings. The second kappa shape index (κ2) is 9.65. The molecule has 0 fully saturated rings. The Balaban J connectivity index is 2.49. The van der Waals surface area contributed by atoms with E-state index in [-0.39, 0.29) is 0 Å². The summed E-state index contributed by atoms with van der Waals surface area (Å²) in [5.74, 6) is 1.54. The molecule has 1 aromatic rings. The molecule has 0 saturated carbocycles. The first kappa shape index (κ1) is 16.8. The predicted octanol–water partition coefficient (Wildman–Crippen LogP) is 4.40. The van der Waals surface area contributed by atoms with E-state index in [1.54, 1.807) is 0 Å². The lowest BCUT2D eigenvalue weighted by atomic mass is 10.0. The molecule has 1 unspecified atom stereocenters. The van der Waals surface area contributed by atoms with Gasteiger partial charge in [-0.2, -0.15) is 0 Å². The Morgan fingerprint density at radius 1 is 1.20 bits per heavy atom. The SMILES string of the molecule is CCCCC(CC)COCc1cc(N)ccc1OCC. The second-order valence-corrected chi connectivity index (χ2v) is 5.23. The van der Waals surface area contributed by atoms with Gasteiger partial charge in [-0.3, -0.25) is 0 Å².